The van der Waals surface area contributed by atoms with E-state index in [4.69, 9.17) is 4.74 Å². The molecule has 0 heterocycles. The van der Waals surface area contributed by atoms with Crippen LogP contribution >= 0.6 is 0 Å². The summed E-state index contributed by atoms with van der Waals surface area (Å²) in [6.45, 7) is 5.55. The molecule has 0 unspecified atom stereocenters. The highest BCUT2D eigenvalue weighted by Gasteiger charge is 2.10. The third-order valence-electron chi connectivity index (χ3n) is 3.64. The summed E-state index contributed by atoms with van der Waals surface area (Å²) in [6.07, 6.45) is 0. The summed E-state index contributed by atoms with van der Waals surface area (Å²) in [6, 6.07) is 13.2. The van der Waals surface area contributed by atoms with Gasteiger partial charge in [-0.3, -0.25) is 9.59 Å². The van der Waals surface area contributed by atoms with Crippen molar-refractivity contribution >= 4 is 17.5 Å². The van der Waals surface area contributed by atoms with E-state index in [2.05, 4.69) is 10.6 Å². The Morgan fingerprint density at radius 2 is 1.50 bits per heavy atom. The molecule has 0 fully saturated rings. The fraction of sp³-hybridized carbons (Fsp3) is 0.263. The number of benzene rings is 2. The molecule has 2 rings (SSSR count). The van der Waals surface area contributed by atoms with Gasteiger partial charge in [-0.15, -0.1) is 0 Å². The molecular formula is C19H22N2O3. The third kappa shape index (κ3) is 4.84. The van der Waals surface area contributed by atoms with Crippen LogP contribution in [-0.2, 0) is 9.59 Å². The predicted octanol–water partition coefficient (Wildman–Crippen LogP) is 2.75. The van der Waals surface area contributed by atoms with Gasteiger partial charge in [0.15, 0.2) is 6.61 Å². The highest BCUT2D eigenvalue weighted by Crippen LogP contribution is 2.19. The molecule has 0 aromatic heterocycles. The molecule has 2 amide bonds. The van der Waals surface area contributed by atoms with Crippen LogP contribution in [0, 0.1) is 20.8 Å². The van der Waals surface area contributed by atoms with E-state index in [0.717, 1.165) is 22.4 Å². The lowest BCUT2D eigenvalue weighted by molar-refractivity contribution is -0.125. The maximum absolute atomic E-state index is 12.0. The van der Waals surface area contributed by atoms with Crippen molar-refractivity contribution in [3.8, 4) is 5.75 Å². The predicted molar refractivity (Wildman–Crippen MR) is 94.2 cm³/mol. The van der Waals surface area contributed by atoms with Crippen LogP contribution in [0.4, 0.5) is 5.69 Å². The zero-order chi connectivity index (χ0) is 17.5. The van der Waals surface area contributed by atoms with Crippen LogP contribution in [0.2, 0.25) is 0 Å². The van der Waals surface area contributed by atoms with Gasteiger partial charge in [-0.1, -0.05) is 36.4 Å². The van der Waals surface area contributed by atoms with Crippen molar-refractivity contribution in [2.75, 3.05) is 18.5 Å². The standard InChI is InChI=1S/C19H22N2O3/c1-13-7-4-5-10-16(13)24-12-18(23)20-11-17(22)21-19-14(2)8-6-9-15(19)3/h4-10H,11-12H2,1-3H3,(H,20,23)(H,21,22). The quantitative estimate of drug-likeness (QED) is 0.858. The Morgan fingerprint density at radius 1 is 0.875 bits per heavy atom. The SMILES string of the molecule is Cc1ccccc1OCC(=O)NCC(=O)Nc1c(C)cccc1C. The topological polar surface area (TPSA) is 67.4 Å². The number of carbonyl (C=O) groups is 2. The van der Waals surface area contributed by atoms with Gasteiger partial charge in [-0.05, 0) is 43.5 Å². The van der Waals surface area contributed by atoms with Crippen molar-refractivity contribution in [1.29, 1.82) is 0 Å². The molecule has 0 saturated carbocycles. The Bertz CT molecular complexity index is 721. The van der Waals surface area contributed by atoms with Gasteiger partial charge in [-0.2, -0.15) is 0 Å². The highest BCUT2D eigenvalue weighted by atomic mass is 16.5. The molecule has 2 aromatic carbocycles. The summed E-state index contributed by atoms with van der Waals surface area (Å²) >= 11 is 0. The van der Waals surface area contributed by atoms with Crippen molar-refractivity contribution in [3.05, 3.63) is 59.2 Å². The van der Waals surface area contributed by atoms with Gasteiger partial charge in [0.2, 0.25) is 5.91 Å². The Labute approximate surface area is 142 Å². The third-order valence-corrected chi connectivity index (χ3v) is 3.64. The first-order chi connectivity index (χ1) is 11.5. The molecular weight excluding hydrogens is 304 g/mol. The van der Waals surface area contributed by atoms with Gasteiger partial charge in [-0.25, -0.2) is 0 Å². The van der Waals surface area contributed by atoms with Gasteiger partial charge in [0.05, 0.1) is 6.54 Å². The van der Waals surface area contributed by atoms with Crippen molar-refractivity contribution in [2.24, 2.45) is 0 Å². The smallest absolute Gasteiger partial charge is 0.258 e. The molecule has 2 N–H and O–H groups in total. The van der Waals surface area contributed by atoms with Crippen molar-refractivity contribution < 1.29 is 14.3 Å². The van der Waals surface area contributed by atoms with Crippen LogP contribution in [-0.4, -0.2) is 25.0 Å². The fourth-order valence-electron chi connectivity index (χ4n) is 2.29. The number of anilines is 1. The van der Waals surface area contributed by atoms with E-state index in [0.29, 0.717) is 5.75 Å². The Kier molecular flexibility index (Phi) is 5.95. The fourth-order valence-corrected chi connectivity index (χ4v) is 2.29. The minimum Gasteiger partial charge on any atom is -0.484 e. The molecule has 0 saturated heterocycles. The number of carbonyl (C=O) groups excluding carboxylic acids is 2. The summed E-state index contributed by atoms with van der Waals surface area (Å²) in [4.78, 5) is 23.8. The normalized spacial score (nSPS) is 10.1. The Hall–Kier alpha value is -2.82. The highest BCUT2D eigenvalue weighted by molar-refractivity contribution is 5.95. The molecule has 0 spiro atoms. The van der Waals surface area contributed by atoms with Crippen molar-refractivity contribution in [3.63, 3.8) is 0 Å². The van der Waals surface area contributed by atoms with Crippen LogP contribution in [0.1, 0.15) is 16.7 Å². The number of rotatable bonds is 6. The number of hydrogen-bond acceptors (Lipinski definition) is 3. The van der Waals surface area contributed by atoms with Crippen LogP contribution in [0.25, 0.3) is 0 Å². The molecule has 0 atom stereocenters. The van der Waals surface area contributed by atoms with Gasteiger partial charge < -0.3 is 15.4 Å². The monoisotopic (exact) mass is 326 g/mol. The number of para-hydroxylation sites is 2. The number of aryl methyl sites for hydroxylation is 3. The number of ether oxygens (including phenoxy) is 1. The Balaban J connectivity index is 1.79. The maximum Gasteiger partial charge on any atom is 0.258 e. The summed E-state index contributed by atoms with van der Waals surface area (Å²) in [5.74, 6) is 0.0548. The molecule has 0 radical (unpaired) electrons. The molecule has 126 valence electrons. The summed E-state index contributed by atoms with van der Waals surface area (Å²) in [7, 11) is 0. The average Bonchev–Trinajstić information content (AvgIpc) is 2.56. The lowest BCUT2D eigenvalue weighted by Gasteiger charge is -2.12. The first-order valence-corrected chi connectivity index (χ1v) is 7.78. The summed E-state index contributed by atoms with van der Waals surface area (Å²) < 4.78 is 5.44. The number of nitrogens with one attached hydrogen (secondary N) is 2. The lowest BCUT2D eigenvalue weighted by Crippen LogP contribution is -2.36. The van der Waals surface area contributed by atoms with Gasteiger partial charge >= 0.3 is 0 Å². The molecule has 5 heteroatoms. The maximum atomic E-state index is 12.0. The molecule has 0 aliphatic carbocycles. The van der Waals surface area contributed by atoms with E-state index in [1.165, 1.54) is 0 Å². The van der Waals surface area contributed by atoms with E-state index in [9.17, 15) is 9.59 Å². The van der Waals surface area contributed by atoms with E-state index in [1.54, 1.807) is 6.07 Å². The van der Waals surface area contributed by atoms with Crippen LogP contribution < -0.4 is 15.4 Å². The minimum absolute atomic E-state index is 0.0935. The summed E-state index contributed by atoms with van der Waals surface area (Å²) in [5, 5.41) is 5.38. The second kappa shape index (κ2) is 8.15. The summed E-state index contributed by atoms with van der Waals surface area (Å²) in [5.41, 5.74) is 3.71. The van der Waals surface area contributed by atoms with E-state index >= 15 is 0 Å². The van der Waals surface area contributed by atoms with Crippen LogP contribution in [0.5, 0.6) is 5.75 Å². The zero-order valence-electron chi connectivity index (χ0n) is 14.2. The number of amides is 2. The largest absolute Gasteiger partial charge is 0.484 e. The first-order valence-electron chi connectivity index (χ1n) is 7.78. The molecule has 0 aliphatic heterocycles. The van der Waals surface area contributed by atoms with Crippen LogP contribution in [0.3, 0.4) is 0 Å². The van der Waals surface area contributed by atoms with E-state index in [-0.39, 0.29) is 25.0 Å². The van der Waals surface area contributed by atoms with E-state index < -0.39 is 0 Å². The zero-order valence-corrected chi connectivity index (χ0v) is 14.2. The molecule has 0 bridgehead atoms. The molecule has 0 aliphatic rings. The second-order valence-corrected chi connectivity index (χ2v) is 5.65. The molecule has 2 aromatic rings. The van der Waals surface area contributed by atoms with Crippen molar-refractivity contribution in [2.45, 2.75) is 20.8 Å². The van der Waals surface area contributed by atoms with Gasteiger partial charge in [0.1, 0.15) is 5.75 Å². The first kappa shape index (κ1) is 17.5. The number of hydrogen-bond donors (Lipinski definition) is 2. The second-order valence-electron chi connectivity index (χ2n) is 5.65. The van der Waals surface area contributed by atoms with E-state index in [1.807, 2.05) is 57.2 Å². The average molecular weight is 326 g/mol. The lowest BCUT2D eigenvalue weighted by atomic mass is 10.1. The Morgan fingerprint density at radius 3 is 2.17 bits per heavy atom. The minimum atomic E-state index is -0.338. The molecule has 24 heavy (non-hydrogen) atoms. The van der Waals surface area contributed by atoms with Crippen molar-refractivity contribution in [1.82, 2.24) is 5.32 Å². The molecule has 5 nitrogen and oxygen atoms in total. The van der Waals surface area contributed by atoms with Gasteiger partial charge in [0.25, 0.3) is 5.91 Å². The van der Waals surface area contributed by atoms with Gasteiger partial charge in [0, 0.05) is 5.69 Å². The van der Waals surface area contributed by atoms with Crippen LogP contribution in [0.15, 0.2) is 42.5 Å².